The van der Waals surface area contributed by atoms with E-state index in [2.05, 4.69) is 109 Å². The van der Waals surface area contributed by atoms with Gasteiger partial charge in [-0.2, -0.15) is 16.8 Å². The van der Waals surface area contributed by atoms with Gasteiger partial charge in [0.1, 0.15) is 57.8 Å². The van der Waals surface area contributed by atoms with Crippen LogP contribution in [0.2, 0.25) is 0 Å². The van der Waals surface area contributed by atoms with Gasteiger partial charge in [-0.1, -0.05) is 65.0 Å². The van der Waals surface area contributed by atoms with Crippen LogP contribution in [0.25, 0.3) is 0 Å². The second-order valence-electron chi connectivity index (χ2n) is 38.8. The Labute approximate surface area is 827 Å². The fourth-order valence-electron chi connectivity index (χ4n) is 11.3. The number of alkyl carbamates (subject to hydrolysis) is 6. The lowest BCUT2D eigenvalue weighted by atomic mass is 9.95. The summed E-state index contributed by atoms with van der Waals surface area (Å²) in [5.74, 6) is -4.94. The third-order valence-corrected chi connectivity index (χ3v) is 18.3. The Kier molecular flexibility index (Phi) is 71.6. The first-order chi connectivity index (χ1) is 63.0. The minimum atomic E-state index is -3.68. The van der Waals surface area contributed by atoms with Crippen molar-refractivity contribution in [1.82, 2.24) is 42.1 Å². The molecule has 0 aliphatic carbocycles. The van der Waals surface area contributed by atoms with Crippen molar-refractivity contribution < 1.29 is 170 Å². The molecule has 0 unspecified atom stereocenters. The Morgan fingerprint density at radius 2 is 0.813 bits per heavy atom. The first-order valence-corrected chi connectivity index (χ1v) is 48.4. The van der Waals surface area contributed by atoms with Crippen molar-refractivity contribution in [3.05, 3.63) is 35.9 Å². The van der Waals surface area contributed by atoms with E-state index in [0.717, 1.165) is 58.1 Å². The highest BCUT2D eigenvalue weighted by Crippen LogP contribution is 2.22. The van der Waals surface area contributed by atoms with Gasteiger partial charge in [-0.05, 0) is 212 Å². The minimum absolute atomic E-state index is 0. The molecule has 0 bridgehead atoms. The highest BCUT2D eigenvalue weighted by molar-refractivity contribution is 7.86. The molecule has 0 saturated carbocycles. The van der Waals surface area contributed by atoms with Gasteiger partial charge in [0, 0.05) is 64.1 Å². The Balaban J connectivity index is -0.000000368. The molecule has 812 valence electrons. The third kappa shape index (κ3) is 87.2. The summed E-state index contributed by atoms with van der Waals surface area (Å²) in [5.41, 5.74) is 8.18. The molecule has 49 heteroatoms. The van der Waals surface area contributed by atoms with E-state index in [4.69, 9.17) is 68.7 Å². The van der Waals surface area contributed by atoms with Crippen molar-refractivity contribution in [2.75, 3.05) is 108 Å². The molecule has 15 N–H and O–H groups in total. The summed E-state index contributed by atoms with van der Waals surface area (Å²) in [7, 11) is 0.183. The van der Waals surface area contributed by atoms with Crippen molar-refractivity contribution in [1.29, 1.82) is 0 Å². The molecule has 3 rings (SSSR count). The molecular formula is C90H167ClN10O36S2. The van der Waals surface area contributed by atoms with Crippen molar-refractivity contribution >= 4 is 117 Å². The number of methoxy groups -OCH3 is 6. The predicted molar refractivity (Wildman–Crippen MR) is 516 cm³/mol. The largest absolute Gasteiger partial charge is 0.481 e. The fourth-order valence-corrected chi connectivity index (χ4v) is 12.2. The molecule has 2 saturated heterocycles. The number of nitrogens with one attached hydrogen (secondary N) is 7. The number of carbonyl (C=O) groups excluding carboxylic acids is 12. The zero-order chi connectivity index (χ0) is 108. The first kappa shape index (κ1) is 140. The molecule has 46 nitrogen and oxygen atoms in total. The number of carboxylic acid groups (broad SMARTS) is 2. The van der Waals surface area contributed by atoms with Crippen LogP contribution in [-0.2, 0) is 130 Å². The van der Waals surface area contributed by atoms with E-state index in [1.54, 1.807) is 96.9 Å². The van der Waals surface area contributed by atoms with Crippen LogP contribution in [0.5, 0.6) is 0 Å². The summed E-state index contributed by atoms with van der Waals surface area (Å²) in [4.78, 5) is 159. The van der Waals surface area contributed by atoms with E-state index >= 15 is 0 Å². The van der Waals surface area contributed by atoms with Crippen molar-refractivity contribution in [3.63, 3.8) is 0 Å². The molecule has 2 aliphatic heterocycles. The van der Waals surface area contributed by atoms with E-state index in [0.29, 0.717) is 18.3 Å². The van der Waals surface area contributed by atoms with E-state index < -0.39 is 156 Å². The van der Waals surface area contributed by atoms with Gasteiger partial charge in [-0.15, -0.1) is 12.4 Å². The van der Waals surface area contributed by atoms with Gasteiger partial charge >= 0.3 is 84.3 Å². The van der Waals surface area contributed by atoms with Crippen LogP contribution in [0.4, 0.5) is 28.8 Å². The highest BCUT2D eigenvalue weighted by atomic mass is 35.5. The Morgan fingerprint density at radius 1 is 0.439 bits per heavy atom. The van der Waals surface area contributed by atoms with Gasteiger partial charge in [0.15, 0.2) is 0 Å². The smallest absolute Gasteiger partial charge is 0.408 e. The lowest BCUT2D eigenvalue weighted by molar-refractivity contribution is -0.148. The van der Waals surface area contributed by atoms with Crippen molar-refractivity contribution in [2.45, 2.75) is 318 Å². The lowest BCUT2D eigenvalue weighted by Gasteiger charge is -2.37. The number of aliphatic carboxylic acids is 2. The summed E-state index contributed by atoms with van der Waals surface area (Å²) >= 11 is 0. The molecule has 13 atom stereocenters. The summed E-state index contributed by atoms with van der Waals surface area (Å²) in [6.07, 6.45) is 1.53. The minimum Gasteiger partial charge on any atom is -0.481 e. The quantitative estimate of drug-likeness (QED) is 0.0171. The standard InChI is InChI=1S/C18H28N2O2.C13H27NO8S2.C13H23NO6.C12H21NO6.C11H22N2O2.C11H23NO4.C7H13NO4.C5H9NO4.ClH/c1-14-10-16(19-17(21)22-18(2,3)4)13-20(11-14)12-15-8-6-5-7-9-15;1-10(8-20-23(5,16)17)7-11(9-21-24(6,18)19)14-12(15)22-13(2,3)4;1-8(10(15)18-5)7-9(11(16)19-6)14-12(17)20-13(2,3)4;1-12(2,3)19-11(16)13-8(10(15)18-5)6-7-9(14)17-4;1-8-5-9(7-12-6-8)13-10(14)15-11(2,3)4;1-8(6-13)5-9(7-14)12-10(15)16-11(2,3)4;1-11-6(9)4-3-5(8)7(10)12-2;6-3(5(9)10)1-2-4(7)8;/h5-9,14,16H,10-13H2,1-4H3,(H,19,21);10-11H,7-9H2,1-6H3,(H,14,15);8-9H,7H2,1-6H3,(H,14,17);8H,6-7H2,1-5H3,(H,13,16);8-9,12H,5-7H2,1-4H3,(H,13,14);8-9,13-14H,5-7H2,1-4H3,(H,12,15);5H,3-4,8H2,1-2H3;3H,1-2,6H2,(H,7,8)(H,9,10);1H/t14-,16-;10-,11-;8-,9-;8-;2*8-,9-;5-;3-;/m00000000./s1. The van der Waals surface area contributed by atoms with E-state index in [1.165, 1.54) is 48.2 Å². The Hall–Kier alpha value is -9.53. The van der Waals surface area contributed by atoms with E-state index in [1.807, 2.05) is 54.5 Å². The number of rotatable bonds is 36. The number of carbonyl (C=O) groups is 14. The van der Waals surface area contributed by atoms with Gasteiger partial charge in [0.25, 0.3) is 20.2 Å². The number of hydrogen-bond acceptors (Lipinski definition) is 38. The maximum Gasteiger partial charge on any atom is 0.408 e. The van der Waals surface area contributed by atoms with E-state index in [-0.39, 0.29) is 138 Å². The zero-order valence-corrected chi connectivity index (χ0v) is 89.7. The van der Waals surface area contributed by atoms with Crippen LogP contribution in [0.1, 0.15) is 235 Å². The van der Waals surface area contributed by atoms with Crippen LogP contribution in [0.15, 0.2) is 30.3 Å². The summed E-state index contributed by atoms with van der Waals surface area (Å²) in [6.45, 7) is 45.7. The number of likely N-dealkylation sites (tertiary alicyclic amines) is 1. The fraction of sp³-hybridized carbons (Fsp3) is 0.778. The zero-order valence-electron chi connectivity index (χ0n) is 87.2. The predicted octanol–water partition coefficient (Wildman–Crippen LogP) is 8.06. The number of halogens is 1. The molecule has 2 fully saturated rings. The molecule has 2 aliphatic rings. The van der Waals surface area contributed by atoms with Gasteiger partial charge < -0.3 is 126 Å². The van der Waals surface area contributed by atoms with Crippen LogP contribution in [0, 0.1) is 29.6 Å². The topological polar surface area (TPSA) is 657 Å². The molecule has 6 amide bonds. The second-order valence-corrected chi connectivity index (χ2v) is 42.0. The number of aliphatic hydroxyl groups excluding tert-OH is 2. The van der Waals surface area contributed by atoms with Crippen LogP contribution < -0.4 is 48.7 Å². The number of nitrogens with two attached hydrogens (primary N) is 2. The van der Waals surface area contributed by atoms with Gasteiger partial charge in [0.2, 0.25) is 0 Å². The summed E-state index contributed by atoms with van der Waals surface area (Å²) in [6, 6.07) is 6.04. The first-order valence-electron chi connectivity index (χ1n) is 44.7. The van der Waals surface area contributed by atoms with Gasteiger partial charge in [0.05, 0.1) is 93.0 Å². The molecule has 139 heavy (non-hydrogen) atoms. The normalized spacial score (nSPS) is 16.7. The number of carboxylic acids is 2. The number of benzene rings is 1. The number of amides is 6. The number of nitrogens with zero attached hydrogens (tertiary/aromatic N) is 1. The van der Waals surface area contributed by atoms with E-state index in [9.17, 15) is 84.0 Å². The lowest BCUT2D eigenvalue weighted by Crippen LogP contribution is -2.50. The average Bonchev–Trinajstić information content (AvgIpc) is 0.846. The number of ether oxygens (including phenoxy) is 12. The molecule has 0 radical (unpaired) electrons. The molecule has 2 heterocycles. The number of piperidine rings is 2. The second kappa shape index (κ2) is 71.0. The van der Waals surface area contributed by atoms with Crippen molar-refractivity contribution in [2.24, 2.45) is 41.1 Å². The number of aliphatic hydroxyl groups is 2. The maximum absolute atomic E-state index is 11.9. The number of hydrogen-bond donors (Lipinski definition) is 13. The summed E-state index contributed by atoms with van der Waals surface area (Å²) in [5, 5.41) is 53.2. The van der Waals surface area contributed by atoms with Gasteiger partial charge in [-0.25, -0.2) is 38.4 Å². The molecule has 0 spiro atoms. The number of esters is 6. The van der Waals surface area contributed by atoms with Crippen molar-refractivity contribution in [3.8, 4) is 0 Å². The molecule has 1 aromatic carbocycles. The monoisotopic (exact) mass is 2060 g/mol. The maximum atomic E-state index is 11.9. The molecule has 1 aromatic rings. The highest BCUT2D eigenvalue weighted by Gasteiger charge is 2.33. The average molecular weight is 2060 g/mol. The summed E-state index contributed by atoms with van der Waals surface area (Å²) < 4.78 is 111. The SMILES string of the molecule is COC(=O)CC[C@H](N)C(=O)OC.COC(=O)CC[C@H](NC(=O)OC(C)(C)C)C(=O)OC.COC(=O)[C@H](C[C@H](C)C(=O)OC)NC(=O)OC(C)(C)C.C[C@@H]1CNC[C@@H](NC(=O)OC(C)(C)C)C1.C[C@H](CO)C[C@@H](CO)NC(=O)OC(C)(C)C.C[C@H](COS(C)(=O)=O)C[C@@H](COS(C)(=O)=O)NC(=O)OC(C)(C)C.C[C@H]1C[C@H](NC(=O)OC(C)(C)C)CN(Cc2ccccc2)C1.Cl.N[C@@H](CCC(=O)O)C(=O)O. The van der Waals surface area contributed by atoms with Crippen LogP contribution in [0.3, 0.4) is 0 Å². The van der Waals surface area contributed by atoms with Crippen LogP contribution in [-0.4, -0.2) is 316 Å². The Bertz CT molecular complexity index is 4010. The van der Waals surface area contributed by atoms with Crippen LogP contribution >= 0.6 is 12.4 Å². The third-order valence-electron chi connectivity index (χ3n) is 17.2. The Morgan fingerprint density at radius 3 is 1.20 bits per heavy atom. The molecular weight excluding hydrogens is 1900 g/mol. The molecule has 0 aromatic heterocycles. The van der Waals surface area contributed by atoms with Gasteiger partial charge in [-0.3, -0.25) is 42.0 Å².